The summed E-state index contributed by atoms with van der Waals surface area (Å²) in [6, 6.07) is 3.69. The van der Waals surface area contributed by atoms with Crippen LogP contribution in [0, 0.1) is 11.8 Å². The molecule has 2 fully saturated rings. The molecule has 2 heterocycles. The topological polar surface area (TPSA) is 45.2 Å². The first kappa shape index (κ1) is 15.8. The van der Waals surface area contributed by atoms with Crippen molar-refractivity contribution in [2.45, 2.75) is 25.7 Å². The average molecular weight is 319 g/mol. The van der Waals surface area contributed by atoms with Crippen LogP contribution in [0.3, 0.4) is 0 Å². The third-order valence-electron chi connectivity index (χ3n) is 4.79. The van der Waals surface area contributed by atoms with E-state index >= 15 is 0 Å². The number of aromatic nitrogens is 1. The number of nitrogens with zero attached hydrogens (tertiary/aromatic N) is 2. The predicted molar refractivity (Wildman–Crippen MR) is 92.1 cm³/mol. The van der Waals surface area contributed by atoms with Crippen molar-refractivity contribution in [3.8, 4) is 0 Å². The van der Waals surface area contributed by atoms with Crippen molar-refractivity contribution in [2.24, 2.45) is 11.8 Å². The summed E-state index contributed by atoms with van der Waals surface area (Å²) in [4.78, 5) is 18.9. The lowest BCUT2D eigenvalue weighted by Crippen LogP contribution is -2.38. The number of rotatable bonds is 4. The maximum atomic E-state index is 12.3. The van der Waals surface area contributed by atoms with Gasteiger partial charge in [-0.05, 0) is 43.7 Å². The molecule has 1 aliphatic carbocycles. The van der Waals surface area contributed by atoms with Crippen molar-refractivity contribution in [3.05, 3.63) is 24.5 Å². The molecule has 0 bridgehead atoms. The molecule has 1 aromatic heterocycles. The Morgan fingerprint density at radius 1 is 1.18 bits per heavy atom. The molecule has 2 aliphatic rings. The number of hydrogen-bond acceptors (Lipinski definition) is 4. The van der Waals surface area contributed by atoms with Crippen LogP contribution in [0.2, 0.25) is 0 Å². The second-order valence-electron chi connectivity index (χ2n) is 6.36. The average Bonchev–Trinajstić information content (AvgIpc) is 2.57. The van der Waals surface area contributed by atoms with Crippen LogP contribution < -0.4 is 5.32 Å². The molecule has 0 atom stereocenters. The van der Waals surface area contributed by atoms with E-state index in [-0.39, 0.29) is 11.8 Å². The third-order valence-corrected chi connectivity index (χ3v) is 5.73. The first-order chi connectivity index (χ1) is 10.8. The number of carbonyl (C=O) groups excluding carboxylic acids is 1. The summed E-state index contributed by atoms with van der Waals surface area (Å²) in [5.41, 5.74) is 0.855. The Bertz CT molecular complexity index is 468. The third kappa shape index (κ3) is 4.46. The van der Waals surface area contributed by atoms with Crippen molar-refractivity contribution in [3.63, 3.8) is 0 Å². The zero-order chi connectivity index (χ0) is 15.2. The van der Waals surface area contributed by atoms with E-state index < -0.39 is 0 Å². The summed E-state index contributed by atoms with van der Waals surface area (Å²) < 4.78 is 0. The Morgan fingerprint density at radius 2 is 1.86 bits per heavy atom. The highest BCUT2D eigenvalue weighted by Gasteiger charge is 2.27. The number of nitrogens with one attached hydrogen (secondary N) is 1. The minimum atomic E-state index is 0.180. The highest BCUT2D eigenvalue weighted by molar-refractivity contribution is 7.99. The van der Waals surface area contributed by atoms with Gasteiger partial charge in [-0.2, -0.15) is 11.8 Å². The lowest BCUT2D eigenvalue weighted by atomic mass is 9.81. The van der Waals surface area contributed by atoms with Gasteiger partial charge >= 0.3 is 0 Å². The summed E-state index contributed by atoms with van der Waals surface area (Å²) in [6.45, 7) is 3.72. The van der Waals surface area contributed by atoms with Crippen LogP contribution in [0.25, 0.3) is 0 Å². The fraction of sp³-hybridized carbons (Fsp3) is 0.647. The van der Waals surface area contributed by atoms with E-state index in [1.165, 1.54) is 44.0 Å². The van der Waals surface area contributed by atoms with E-state index in [4.69, 9.17) is 0 Å². The number of pyridine rings is 1. The molecular weight excluding hydrogens is 294 g/mol. The van der Waals surface area contributed by atoms with Crippen LogP contribution in [0.1, 0.15) is 25.7 Å². The molecule has 120 valence electrons. The number of hydrogen-bond donors (Lipinski definition) is 1. The molecule has 5 heteroatoms. The molecule has 22 heavy (non-hydrogen) atoms. The molecule has 1 aliphatic heterocycles. The maximum Gasteiger partial charge on any atom is 0.227 e. The van der Waals surface area contributed by atoms with Gasteiger partial charge in [-0.25, -0.2) is 0 Å². The fourth-order valence-corrected chi connectivity index (χ4v) is 4.41. The smallest absolute Gasteiger partial charge is 0.227 e. The van der Waals surface area contributed by atoms with Gasteiger partial charge in [0.1, 0.15) is 0 Å². The summed E-state index contributed by atoms with van der Waals surface area (Å²) in [6.07, 6.45) is 7.87. The Labute approximate surface area is 137 Å². The van der Waals surface area contributed by atoms with Crippen molar-refractivity contribution in [2.75, 3.05) is 36.5 Å². The van der Waals surface area contributed by atoms with Gasteiger partial charge in [-0.15, -0.1) is 0 Å². The number of amides is 1. The zero-order valence-electron chi connectivity index (χ0n) is 13.0. The van der Waals surface area contributed by atoms with E-state index in [1.807, 2.05) is 12.1 Å². The molecular formula is C17H25N3OS. The highest BCUT2D eigenvalue weighted by Crippen LogP contribution is 2.30. The SMILES string of the molecule is O=C(Nc1ccncc1)C1CCC(CN2CCSCC2)CC1. The van der Waals surface area contributed by atoms with Crippen LogP contribution >= 0.6 is 11.8 Å². The van der Waals surface area contributed by atoms with Gasteiger partial charge in [-0.1, -0.05) is 0 Å². The highest BCUT2D eigenvalue weighted by atomic mass is 32.2. The Morgan fingerprint density at radius 3 is 2.55 bits per heavy atom. The standard InChI is InChI=1S/C17H25N3OS/c21-17(19-16-5-7-18-8-6-16)15-3-1-14(2-4-15)13-20-9-11-22-12-10-20/h5-8,14-15H,1-4,9-13H2,(H,18,19,21). The van der Waals surface area contributed by atoms with Crippen LogP contribution in [-0.4, -0.2) is 46.9 Å². The fourth-order valence-electron chi connectivity index (χ4n) is 3.44. The summed E-state index contributed by atoms with van der Waals surface area (Å²) in [5, 5.41) is 3.02. The van der Waals surface area contributed by atoms with E-state index in [1.54, 1.807) is 12.4 Å². The normalized spacial score (nSPS) is 26.5. The second kappa shape index (κ2) is 7.97. The number of thioether (sulfide) groups is 1. The zero-order valence-corrected chi connectivity index (χ0v) is 13.9. The summed E-state index contributed by atoms with van der Waals surface area (Å²) >= 11 is 2.07. The van der Waals surface area contributed by atoms with Crippen molar-refractivity contribution >= 4 is 23.4 Å². The van der Waals surface area contributed by atoms with Crippen LogP contribution in [0.4, 0.5) is 5.69 Å². The molecule has 3 rings (SSSR count). The van der Waals surface area contributed by atoms with Crippen LogP contribution in [0.5, 0.6) is 0 Å². The summed E-state index contributed by atoms with van der Waals surface area (Å²) in [7, 11) is 0. The van der Waals surface area contributed by atoms with Crippen LogP contribution in [0.15, 0.2) is 24.5 Å². The number of carbonyl (C=O) groups is 1. The van der Waals surface area contributed by atoms with E-state index in [0.717, 1.165) is 24.4 Å². The Hall–Kier alpha value is -1.07. The second-order valence-corrected chi connectivity index (χ2v) is 7.58. The maximum absolute atomic E-state index is 12.3. The number of anilines is 1. The molecule has 0 radical (unpaired) electrons. The minimum Gasteiger partial charge on any atom is -0.326 e. The van der Waals surface area contributed by atoms with E-state index in [0.29, 0.717) is 0 Å². The van der Waals surface area contributed by atoms with Crippen LogP contribution in [-0.2, 0) is 4.79 Å². The van der Waals surface area contributed by atoms with Gasteiger partial charge in [0.25, 0.3) is 0 Å². The molecule has 1 N–H and O–H groups in total. The molecule has 0 spiro atoms. The predicted octanol–water partition coefficient (Wildman–Crippen LogP) is 2.88. The monoisotopic (exact) mass is 319 g/mol. The lowest BCUT2D eigenvalue weighted by molar-refractivity contribution is -0.121. The van der Waals surface area contributed by atoms with Crippen molar-refractivity contribution < 1.29 is 4.79 Å². The molecule has 0 aromatic carbocycles. The molecule has 1 aromatic rings. The Kier molecular flexibility index (Phi) is 5.73. The first-order valence-corrected chi connectivity index (χ1v) is 9.48. The lowest BCUT2D eigenvalue weighted by Gasteiger charge is -2.33. The largest absolute Gasteiger partial charge is 0.326 e. The minimum absolute atomic E-state index is 0.180. The van der Waals surface area contributed by atoms with Gasteiger partial charge in [0.2, 0.25) is 5.91 Å². The van der Waals surface area contributed by atoms with Crippen molar-refractivity contribution in [1.82, 2.24) is 9.88 Å². The van der Waals surface area contributed by atoms with Gasteiger partial charge in [-0.3, -0.25) is 9.78 Å². The molecule has 1 saturated heterocycles. The van der Waals surface area contributed by atoms with E-state index in [9.17, 15) is 4.79 Å². The first-order valence-electron chi connectivity index (χ1n) is 8.32. The quantitative estimate of drug-likeness (QED) is 0.927. The summed E-state index contributed by atoms with van der Waals surface area (Å²) in [5.74, 6) is 3.71. The molecule has 0 unspecified atom stereocenters. The molecule has 4 nitrogen and oxygen atoms in total. The van der Waals surface area contributed by atoms with Gasteiger partial charge < -0.3 is 10.2 Å². The van der Waals surface area contributed by atoms with Gasteiger partial charge in [0.05, 0.1) is 0 Å². The van der Waals surface area contributed by atoms with Gasteiger partial charge in [0, 0.05) is 55.1 Å². The van der Waals surface area contributed by atoms with Crippen molar-refractivity contribution in [1.29, 1.82) is 0 Å². The van der Waals surface area contributed by atoms with Gasteiger partial charge in [0.15, 0.2) is 0 Å². The Balaban J connectivity index is 1.42. The molecule has 1 amide bonds. The molecule has 1 saturated carbocycles. The van der Waals surface area contributed by atoms with E-state index in [2.05, 4.69) is 27.0 Å².